The van der Waals surface area contributed by atoms with E-state index in [4.69, 9.17) is 5.11 Å². The molecular formula is C12H16O3. The third-order valence-corrected chi connectivity index (χ3v) is 2.32. The van der Waals surface area contributed by atoms with Crippen molar-refractivity contribution in [2.45, 2.75) is 19.8 Å². The second-order valence-electron chi connectivity index (χ2n) is 3.47. The van der Waals surface area contributed by atoms with Gasteiger partial charge in [0.25, 0.3) is 0 Å². The average Bonchev–Trinajstić information content (AvgIpc) is 2.25. The van der Waals surface area contributed by atoms with Crippen LogP contribution in [0.3, 0.4) is 0 Å². The Morgan fingerprint density at radius 3 is 2.73 bits per heavy atom. The Morgan fingerprint density at radius 2 is 2.20 bits per heavy atom. The molecule has 0 amide bonds. The molecule has 0 saturated carbocycles. The monoisotopic (exact) mass is 208 g/mol. The molecule has 0 heterocycles. The Bertz CT molecular complexity index is 345. The van der Waals surface area contributed by atoms with E-state index in [9.17, 15) is 4.79 Å². The molecular weight excluding hydrogens is 192 g/mol. The molecule has 15 heavy (non-hydrogen) atoms. The summed E-state index contributed by atoms with van der Waals surface area (Å²) in [4.78, 5) is 11.3. The smallest absolute Gasteiger partial charge is 0.338 e. The highest BCUT2D eigenvalue weighted by Crippen LogP contribution is 2.13. The Balaban J connectivity index is 2.83. The maximum atomic E-state index is 11.3. The number of esters is 1. The number of ether oxygens (including phenoxy) is 1. The van der Waals surface area contributed by atoms with Crippen LogP contribution < -0.4 is 0 Å². The molecule has 0 atom stereocenters. The standard InChI is InChI=1S/C12H16O3/c1-9-8-10(4-3-7-13)5-6-11(9)12(14)15-2/h5-6,8,13H,3-4,7H2,1-2H3. The summed E-state index contributed by atoms with van der Waals surface area (Å²) >= 11 is 0. The predicted octanol–water partition coefficient (Wildman–Crippen LogP) is 1.71. The summed E-state index contributed by atoms with van der Waals surface area (Å²) in [6, 6.07) is 5.63. The van der Waals surface area contributed by atoms with Gasteiger partial charge in [-0.3, -0.25) is 0 Å². The van der Waals surface area contributed by atoms with Gasteiger partial charge >= 0.3 is 5.97 Å². The number of rotatable bonds is 4. The van der Waals surface area contributed by atoms with Crippen molar-refractivity contribution in [3.05, 3.63) is 34.9 Å². The molecule has 1 N–H and O–H groups in total. The van der Waals surface area contributed by atoms with Crippen molar-refractivity contribution in [1.82, 2.24) is 0 Å². The summed E-state index contributed by atoms with van der Waals surface area (Å²) in [7, 11) is 1.38. The molecule has 3 heteroatoms. The van der Waals surface area contributed by atoms with Gasteiger partial charge < -0.3 is 9.84 Å². The minimum atomic E-state index is -0.304. The lowest BCUT2D eigenvalue weighted by atomic mass is 10.0. The molecule has 82 valence electrons. The van der Waals surface area contributed by atoms with E-state index in [2.05, 4.69) is 4.74 Å². The van der Waals surface area contributed by atoms with Gasteiger partial charge in [-0.1, -0.05) is 12.1 Å². The van der Waals surface area contributed by atoms with Crippen molar-refractivity contribution < 1.29 is 14.6 Å². The van der Waals surface area contributed by atoms with Crippen LogP contribution in [0.25, 0.3) is 0 Å². The Kier molecular flexibility index (Phi) is 4.31. The predicted molar refractivity (Wildman–Crippen MR) is 57.9 cm³/mol. The maximum absolute atomic E-state index is 11.3. The van der Waals surface area contributed by atoms with Gasteiger partial charge in [-0.2, -0.15) is 0 Å². The third-order valence-electron chi connectivity index (χ3n) is 2.32. The summed E-state index contributed by atoms with van der Waals surface area (Å²) in [5.74, 6) is -0.304. The first-order valence-corrected chi connectivity index (χ1v) is 4.97. The molecule has 0 spiro atoms. The zero-order valence-electron chi connectivity index (χ0n) is 9.12. The second kappa shape index (κ2) is 5.51. The van der Waals surface area contributed by atoms with Gasteiger partial charge in [-0.05, 0) is 37.0 Å². The van der Waals surface area contributed by atoms with E-state index < -0.39 is 0 Å². The van der Waals surface area contributed by atoms with Crippen molar-refractivity contribution in [3.8, 4) is 0 Å². The van der Waals surface area contributed by atoms with Crippen molar-refractivity contribution in [1.29, 1.82) is 0 Å². The van der Waals surface area contributed by atoms with Gasteiger partial charge in [-0.25, -0.2) is 4.79 Å². The van der Waals surface area contributed by atoms with E-state index in [1.54, 1.807) is 6.07 Å². The molecule has 1 rings (SSSR count). The molecule has 0 saturated heterocycles. The number of carbonyl (C=O) groups excluding carboxylic acids is 1. The molecule has 0 radical (unpaired) electrons. The van der Waals surface area contributed by atoms with Crippen LogP contribution in [0.2, 0.25) is 0 Å². The first-order chi connectivity index (χ1) is 7.19. The highest BCUT2D eigenvalue weighted by molar-refractivity contribution is 5.90. The molecule has 1 aromatic carbocycles. The number of hydrogen-bond acceptors (Lipinski definition) is 3. The number of methoxy groups -OCH3 is 1. The van der Waals surface area contributed by atoms with Crippen molar-refractivity contribution in [2.24, 2.45) is 0 Å². The SMILES string of the molecule is COC(=O)c1ccc(CCCO)cc1C. The van der Waals surface area contributed by atoms with Crippen LogP contribution in [0.15, 0.2) is 18.2 Å². The molecule has 0 bridgehead atoms. The minimum absolute atomic E-state index is 0.192. The summed E-state index contributed by atoms with van der Waals surface area (Å²) in [5, 5.41) is 8.70. The normalized spacial score (nSPS) is 10.1. The van der Waals surface area contributed by atoms with Crippen LogP contribution in [0.1, 0.15) is 27.9 Å². The van der Waals surface area contributed by atoms with E-state index in [1.807, 2.05) is 19.1 Å². The largest absolute Gasteiger partial charge is 0.465 e. The highest BCUT2D eigenvalue weighted by atomic mass is 16.5. The summed E-state index contributed by atoms with van der Waals surface area (Å²) < 4.78 is 4.66. The summed E-state index contributed by atoms with van der Waals surface area (Å²) in [6.07, 6.45) is 1.58. The average molecular weight is 208 g/mol. The topological polar surface area (TPSA) is 46.5 Å². The Hall–Kier alpha value is -1.35. The first-order valence-electron chi connectivity index (χ1n) is 4.97. The Morgan fingerprint density at radius 1 is 1.47 bits per heavy atom. The lowest BCUT2D eigenvalue weighted by Crippen LogP contribution is -2.04. The fourth-order valence-corrected chi connectivity index (χ4v) is 1.50. The van der Waals surface area contributed by atoms with Gasteiger partial charge in [0.1, 0.15) is 0 Å². The molecule has 3 nitrogen and oxygen atoms in total. The number of aliphatic hydroxyl groups is 1. The number of aryl methyl sites for hydroxylation is 2. The summed E-state index contributed by atoms with van der Waals surface area (Å²) in [6.45, 7) is 2.08. The number of benzene rings is 1. The number of aliphatic hydroxyl groups excluding tert-OH is 1. The second-order valence-corrected chi connectivity index (χ2v) is 3.47. The zero-order valence-corrected chi connectivity index (χ0v) is 9.12. The van der Waals surface area contributed by atoms with E-state index in [-0.39, 0.29) is 12.6 Å². The van der Waals surface area contributed by atoms with Crippen molar-refractivity contribution >= 4 is 5.97 Å². The molecule has 0 aliphatic heterocycles. The highest BCUT2D eigenvalue weighted by Gasteiger charge is 2.08. The van der Waals surface area contributed by atoms with Gasteiger partial charge in [0, 0.05) is 6.61 Å². The molecule has 0 fully saturated rings. The zero-order chi connectivity index (χ0) is 11.3. The van der Waals surface area contributed by atoms with E-state index in [0.29, 0.717) is 5.56 Å². The lowest BCUT2D eigenvalue weighted by molar-refractivity contribution is 0.0600. The van der Waals surface area contributed by atoms with Crippen molar-refractivity contribution in [3.63, 3.8) is 0 Å². The molecule has 0 aliphatic carbocycles. The van der Waals surface area contributed by atoms with Gasteiger partial charge in [0.15, 0.2) is 0 Å². The van der Waals surface area contributed by atoms with Crippen molar-refractivity contribution in [2.75, 3.05) is 13.7 Å². The van der Waals surface area contributed by atoms with Crippen LogP contribution >= 0.6 is 0 Å². The van der Waals surface area contributed by atoms with E-state index in [0.717, 1.165) is 24.0 Å². The quantitative estimate of drug-likeness (QED) is 0.766. The van der Waals surface area contributed by atoms with Crippen LogP contribution in [0.5, 0.6) is 0 Å². The van der Waals surface area contributed by atoms with Crippen LogP contribution in [-0.4, -0.2) is 24.8 Å². The van der Waals surface area contributed by atoms with Crippen LogP contribution in [0, 0.1) is 6.92 Å². The fourth-order valence-electron chi connectivity index (χ4n) is 1.50. The molecule has 0 aliphatic rings. The minimum Gasteiger partial charge on any atom is -0.465 e. The Labute approximate surface area is 89.7 Å². The van der Waals surface area contributed by atoms with Gasteiger partial charge in [0.05, 0.1) is 12.7 Å². The molecule has 0 unspecified atom stereocenters. The molecule has 1 aromatic rings. The molecule has 0 aromatic heterocycles. The first kappa shape index (κ1) is 11.7. The van der Waals surface area contributed by atoms with Crippen LogP contribution in [-0.2, 0) is 11.2 Å². The van der Waals surface area contributed by atoms with E-state index in [1.165, 1.54) is 7.11 Å². The lowest BCUT2D eigenvalue weighted by Gasteiger charge is -2.06. The van der Waals surface area contributed by atoms with Crippen LogP contribution in [0.4, 0.5) is 0 Å². The fraction of sp³-hybridized carbons (Fsp3) is 0.417. The third kappa shape index (κ3) is 3.06. The van der Waals surface area contributed by atoms with Gasteiger partial charge in [-0.15, -0.1) is 0 Å². The maximum Gasteiger partial charge on any atom is 0.338 e. The van der Waals surface area contributed by atoms with E-state index >= 15 is 0 Å². The summed E-state index contributed by atoms with van der Waals surface area (Å²) in [5.41, 5.74) is 2.65. The number of carbonyl (C=O) groups is 1. The number of hydrogen-bond donors (Lipinski definition) is 1. The van der Waals surface area contributed by atoms with Gasteiger partial charge in [0.2, 0.25) is 0 Å².